The molecular formula is C123H61N17. The zero-order valence-corrected chi connectivity index (χ0v) is 74.4. The minimum Gasteiger partial charge on any atom is -0.370 e. The number of para-hydroxylation sites is 4. The van der Waals surface area contributed by atoms with E-state index in [1.807, 2.05) is 139 Å². The van der Waals surface area contributed by atoms with Crippen molar-refractivity contribution in [1.29, 1.82) is 5.26 Å². The van der Waals surface area contributed by atoms with Crippen LogP contribution in [0.2, 0.25) is 0 Å². The van der Waals surface area contributed by atoms with Crippen LogP contribution in [0.5, 0.6) is 0 Å². The molecule has 0 unspecified atom stereocenters. The van der Waals surface area contributed by atoms with Gasteiger partial charge in [-0.1, -0.05) is 286 Å². The maximum atomic E-state index is 10.4. The maximum absolute atomic E-state index is 10.4. The Bertz CT molecular complexity index is 10700. The summed E-state index contributed by atoms with van der Waals surface area (Å²) in [6.07, 6.45) is 0. The van der Waals surface area contributed by atoms with Crippen molar-refractivity contribution in [3.8, 4) is 28.3 Å². The fourth-order valence-corrected chi connectivity index (χ4v) is 21.9. The van der Waals surface area contributed by atoms with Crippen molar-refractivity contribution in [1.82, 2.24) is 27.6 Å². The van der Waals surface area contributed by atoms with Crippen LogP contribution in [0.15, 0.2) is 334 Å². The molecule has 0 bridgehead atoms. The van der Waals surface area contributed by atoms with E-state index in [0.29, 0.717) is 33.4 Å². The van der Waals surface area contributed by atoms with Crippen LogP contribution in [0.4, 0.5) is 57.1 Å². The summed E-state index contributed by atoms with van der Waals surface area (Å²) in [5.41, 5.74) is 18.7. The van der Waals surface area contributed by atoms with Crippen LogP contribution in [-0.4, -0.2) is 27.6 Å². The highest BCUT2D eigenvalue weighted by Gasteiger charge is 2.32. The highest BCUT2D eigenvalue weighted by Crippen LogP contribution is 2.57. The molecule has 0 radical (unpaired) electrons. The lowest BCUT2D eigenvalue weighted by atomic mass is 9.86. The standard InChI is InChI=1S/C34H19N5.C31H14N4.C30H15N3.C28H13N5/c1-20-12-6-8-14-23(20)24-15-9-10-16-25(24)29-21(2)28-18-22-13-7-11-17-27(22)39(28)34-26(19-35)31(36-3)33(38-5)32(37-4)30(29)34;1-32-23-17-26-29(31(34-3)30(23)33-2)28-22-14-8-6-12-20(22)19-11-5-7-13-21(19)27(28)25-16-18-10-4-9-15-24(18)35(25)26;1-31-24-16-23-27(17-25(24)32-2)33-26-14-8-3-9-18(26)15-28(33)30-22-13-7-5-11-20(22)19-10-4-6-12-21(19)29(23)30;1-29-26-27(30-2)32-28-25(31-26)24-20-13-7-5-11-18(20)17-10-4-6-12-19(17)23(24)22-15-16-9-3-8-14-21(16)33(22)28/h6-18H,1-2H3;4-17H;3-17H;3-15H. The van der Waals surface area contributed by atoms with E-state index in [4.69, 9.17) is 70.7 Å². The van der Waals surface area contributed by atoms with Crippen molar-refractivity contribution in [2.75, 3.05) is 0 Å². The average Bonchev–Trinajstić information content (AvgIpc) is 1.41. The molecule has 0 aliphatic heterocycles. The number of benzene rings is 18. The average molecular weight is 1780 g/mol. The van der Waals surface area contributed by atoms with E-state index in [2.05, 4.69) is 280 Å². The molecule has 0 N–H and O–H groups in total. The van der Waals surface area contributed by atoms with Gasteiger partial charge in [0.1, 0.15) is 0 Å². The van der Waals surface area contributed by atoms with E-state index in [1.54, 1.807) is 6.07 Å². The van der Waals surface area contributed by atoms with Crippen LogP contribution in [0.3, 0.4) is 0 Å². The lowest BCUT2D eigenvalue weighted by Crippen LogP contribution is -2.00. The first-order valence-corrected chi connectivity index (χ1v) is 44.7. The first kappa shape index (κ1) is 82.1. The van der Waals surface area contributed by atoms with Gasteiger partial charge in [0.2, 0.25) is 22.6 Å². The molecule has 9 heterocycles. The van der Waals surface area contributed by atoms with Crippen LogP contribution in [-0.2, 0) is 0 Å². The van der Waals surface area contributed by atoms with Gasteiger partial charge in [-0.15, -0.1) is 9.97 Å². The molecule has 17 nitrogen and oxygen atoms in total. The Hall–Kier alpha value is -21.1. The van der Waals surface area contributed by atoms with Crippen molar-refractivity contribution >= 4 is 264 Å². The van der Waals surface area contributed by atoms with Crippen molar-refractivity contribution in [3.05, 3.63) is 465 Å². The molecule has 0 spiro atoms. The summed E-state index contributed by atoms with van der Waals surface area (Å²) >= 11 is 0. The normalized spacial score (nSPS) is 11.3. The molecule has 0 saturated heterocycles. The van der Waals surface area contributed by atoms with Crippen molar-refractivity contribution in [2.45, 2.75) is 13.8 Å². The van der Waals surface area contributed by atoms with Crippen molar-refractivity contribution in [3.63, 3.8) is 0 Å². The molecule has 0 saturated carbocycles. The summed E-state index contributed by atoms with van der Waals surface area (Å²) in [6.45, 7) is 82.2. The molecule has 140 heavy (non-hydrogen) atoms. The van der Waals surface area contributed by atoms with Gasteiger partial charge in [0, 0.05) is 65.0 Å². The SMILES string of the molecule is [C-]#[N+]c1c([N+]#[C-])c(C#N)c2c(c1[N+]#[C-])c(-c1ccccc1-c1ccccc1C)c(C)c1cc3ccccc3n12.[C-]#[N+]c1cc2c(c([N+]#[C-])c1[N+]#[C-])c1c3ccccc3c3ccccc3c1c1cc3ccccc3n21.[C-]#[N+]c1cc2c3c4ccccc4c4ccccc4c3c3cc4ccccc4n3c2cc1[N+]#[C-].[C-]#[N+]c1nc2c3c4ccccc4c4ccccc4c3c3cc4ccccc4n3c2nc1[N+]#[C-]. The van der Waals surface area contributed by atoms with Crippen molar-refractivity contribution < 1.29 is 0 Å². The van der Waals surface area contributed by atoms with Gasteiger partial charge >= 0.3 is 0 Å². The highest BCUT2D eigenvalue weighted by molar-refractivity contribution is 6.40. The number of nitrogens with zero attached hydrogens (tertiary/aromatic N) is 17. The second-order valence-corrected chi connectivity index (χ2v) is 34.3. The number of aryl methyl sites for hydroxylation is 2. The van der Waals surface area contributed by atoms with Gasteiger partial charge in [0.05, 0.1) is 108 Å². The minimum absolute atomic E-state index is 0.0287. The molecule has 27 rings (SSSR count). The summed E-state index contributed by atoms with van der Waals surface area (Å²) in [5, 5.41) is 37.0. The second-order valence-electron chi connectivity index (χ2n) is 34.3. The van der Waals surface area contributed by atoms with Crippen LogP contribution in [0, 0.1) is 90.9 Å². The monoisotopic (exact) mass is 1780 g/mol. The quantitative estimate of drug-likeness (QED) is 0.127. The van der Waals surface area contributed by atoms with E-state index < -0.39 is 0 Å². The number of fused-ring (bicyclic) bond motifs is 44. The van der Waals surface area contributed by atoms with Gasteiger partial charge in [-0.05, 0) is 194 Å². The Kier molecular flexibility index (Phi) is 18.8. The molecule has 0 fully saturated rings. The van der Waals surface area contributed by atoms with Gasteiger partial charge in [0.25, 0.3) is 17.3 Å². The van der Waals surface area contributed by atoms with Crippen LogP contribution < -0.4 is 0 Å². The summed E-state index contributed by atoms with van der Waals surface area (Å²) in [6, 6.07) is 116. The first-order chi connectivity index (χ1) is 68.9. The number of pyridine rings is 4. The number of rotatable bonds is 2. The number of aromatic nitrogens is 6. The molecule has 0 atom stereocenters. The highest BCUT2D eigenvalue weighted by atomic mass is 15.1. The summed E-state index contributed by atoms with van der Waals surface area (Å²) < 4.78 is 8.49. The Morgan fingerprint density at radius 3 is 1.06 bits per heavy atom. The summed E-state index contributed by atoms with van der Waals surface area (Å²) in [7, 11) is 0. The molecule has 18 aromatic carbocycles. The third kappa shape index (κ3) is 11.8. The maximum Gasteiger partial charge on any atom is 0.295 e. The van der Waals surface area contributed by atoms with Crippen LogP contribution >= 0.6 is 0 Å². The van der Waals surface area contributed by atoms with E-state index in [1.165, 1.54) is 26.9 Å². The summed E-state index contributed by atoms with van der Waals surface area (Å²) in [4.78, 5) is 46.1. The zero-order valence-electron chi connectivity index (χ0n) is 74.4. The van der Waals surface area contributed by atoms with Crippen LogP contribution in [0.1, 0.15) is 16.7 Å². The molecule has 9 aromatic heterocycles. The van der Waals surface area contributed by atoms with E-state index in [9.17, 15) is 5.26 Å². The molecule has 638 valence electrons. The fraction of sp³-hybridized carbons (Fsp3) is 0.0163. The first-order valence-electron chi connectivity index (χ1n) is 44.7. The second kappa shape index (κ2) is 32.1. The zero-order chi connectivity index (χ0) is 95.1. The molecular weight excluding hydrogens is 1720 g/mol. The van der Waals surface area contributed by atoms with E-state index in [0.717, 1.165) is 191 Å². The Morgan fingerprint density at radius 2 is 0.593 bits per heavy atom. The predicted octanol–water partition coefficient (Wildman–Crippen LogP) is 35.5. The third-order valence-electron chi connectivity index (χ3n) is 27.5. The number of hydrogen-bond donors (Lipinski definition) is 0. The van der Waals surface area contributed by atoms with Gasteiger partial charge < -0.3 is 22.9 Å². The summed E-state index contributed by atoms with van der Waals surface area (Å²) in [5.74, 6) is 0.0628. The minimum atomic E-state index is -0.0768. The Morgan fingerprint density at radius 1 is 0.243 bits per heavy atom. The molecule has 0 aliphatic rings. The smallest absolute Gasteiger partial charge is 0.295 e. The van der Waals surface area contributed by atoms with Crippen LogP contribution in [0.25, 0.3) is 277 Å². The topological polar surface area (TPSA) is 111 Å². The Labute approximate surface area is 797 Å². The van der Waals surface area contributed by atoms with E-state index in [-0.39, 0.29) is 51.3 Å². The molecule has 17 heteroatoms. The van der Waals surface area contributed by atoms with E-state index >= 15 is 0 Å². The van der Waals surface area contributed by atoms with Gasteiger partial charge in [-0.2, -0.15) is 5.26 Å². The predicted molar refractivity (Wildman–Crippen MR) is 570 cm³/mol. The lowest BCUT2D eigenvalue weighted by molar-refractivity contribution is 1.23. The molecule has 0 amide bonds. The number of nitriles is 1. The fourth-order valence-electron chi connectivity index (χ4n) is 21.9. The van der Waals surface area contributed by atoms with Crippen molar-refractivity contribution in [2.24, 2.45) is 0 Å². The lowest BCUT2D eigenvalue weighted by Gasteiger charge is -2.21. The largest absolute Gasteiger partial charge is 0.370 e. The van der Waals surface area contributed by atoms with Gasteiger partial charge in [-0.25, -0.2) is 0 Å². The molecule has 0 aliphatic carbocycles. The van der Waals surface area contributed by atoms with Gasteiger partial charge in [-0.3, -0.25) is 43.2 Å². The van der Waals surface area contributed by atoms with Gasteiger partial charge in [0.15, 0.2) is 28.4 Å². The Balaban J connectivity index is 0.000000101. The third-order valence-corrected chi connectivity index (χ3v) is 27.5. The number of hydrogen-bond acceptors (Lipinski definition) is 3. The molecule has 27 aromatic rings.